The third-order valence-electron chi connectivity index (χ3n) is 5.66. The molecule has 0 amide bonds. The van der Waals surface area contributed by atoms with Crippen LogP contribution in [0.2, 0.25) is 0 Å². The van der Waals surface area contributed by atoms with E-state index in [2.05, 4.69) is 38.9 Å². The van der Waals surface area contributed by atoms with Crippen molar-refractivity contribution in [3.63, 3.8) is 0 Å². The number of rotatable bonds is 5. The van der Waals surface area contributed by atoms with Crippen LogP contribution in [0.25, 0.3) is 22.4 Å². The summed E-state index contributed by atoms with van der Waals surface area (Å²) in [6.45, 7) is 6.89. The van der Waals surface area contributed by atoms with Crippen molar-refractivity contribution in [2.75, 3.05) is 24.5 Å². The summed E-state index contributed by atoms with van der Waals surface area (Å²) >= 11 is 0. The lowest BCUT2D eigenvalue weighted by atomic mass is 9.74. The van der Waals surface area contributed by atoms with Gasteiger partial charge in [-0.25, -0.2) is 14.4 Å². The van der Waals surface area contributed by atoms with Crippen LogP contribution in [0.4, 0.5) is 10.2 Å². The molecule has 0 aromatic carbocycles. The van der Waals surface area contributed by atoms with E-state index >= 15 is 0 Å². The first-order valence-corrected chi connectivity index (χ1v) is 9.92. The minimum Gasteiger partial charge on any atom is -0.356 e. The molecule has 4 rings (SSSR count). The summed E-state index contributed by atoms with van der Waals surface area (Å²) in [7, 11) is 0. The van der Waals surface area contributed by atoms with Crippen LogP contribution in [0.5, 0.6) is 0 Å². The summed E-state index contributed by atoms with van der Waals surface area (Å²) in [5.41, 5.74) is 7.68. The monoisotopic (exact) mass is 386 g/mol. The van der Waals surface area contributed by atoms with Crippen LogP contribution < -0.4 is 10.6 Å². The van der Waals surface area contributed by atoms with Gasteiger partial charge in [0.2, 0.25) is 0 Å². The molecule has 1 aliphatic rings. The Morgan fingerprint density at radius 3 is 3.00 bits per heavy atom. The number of hydrogen-bond acceptors (Lipinski definition) is 5. The fraction of sp³-hybridized carbons (Fsp3) is 0.476. The van der Waals surface area contributed by atoms with Crippen LogP contribution in [0.3, 0.4) is 0 Å². The molecule has 0 aliphatic carbocycles. The number of pyridine rings is 2. The van der Waals surface area contributed by atoms with Gasteiger partial charge in [-0.15, -0.1) is 0 Å². The Balaban J connectivity index is 0.00000160. The second-order valence-electron chi connectivity index (χ2n) is 8.30. The molecule has 1 fully saturated rings. The number of piperidine rings is 1. The molecule has 1 aliphatic heterocycles. The van der Waals surface area contributed by atoms with Gasteiger partial charge in [0.05, 0.1) is 5.69 Å². The molecule has 3 N–H and O–H groups in total. The number of aromatic nitrogens is 4. The summed E-state index contributed by atoms with van der Waals surface area (Å²) < 4.78 is 14.6. The smallest absolute Gasteiger partial charge is 0.181 e. The van der Waals surface area contributed by atoms with Gasteiger partial charge in [-0.2, -0.15) is 5.10 Å². The topological polar surface area (TPSA) is 83.7 Å². The second kappa shape index (κ2) is 7.47. The predicted octanol–water partition coefficient (Wildman–Crippen LogP) is 4.24. The average Bonchev–Trinajstić information content (AvgIpc) is 3.12. The van der Waals surface area contributed by atoms with E-state index in [1.165, 1.54) is 6.07 Å². The van der Waals surface area contributed by atoms with Crippen molar-refractivity contribution in [1.82, 2.24) is 20.2 Å². The Bertz CT molecular complexity index is 979. The molecule has 0 radical (unpaired) electrons. The molecule has 6 nitrogen and oxygen atoms in total. The molecular formula is C21H31FN6. The van der Waals surface area contributed by atoms with Gasteiger partial charge in [-0.05, 0) is 56.0 Å². The van der Waals surface area contributed by atoms with Crippen molar-refractivity contribution in [3.05, 3.63) is 36.3 Å². The number of anilines is 1. The lowest BCUT2D eigenvalue weighted by Gasteiger charge is -2.44. The highest BCUT2D eigenvalue weighted by molar-refractivity contribution is 5.89. The highest BCUT2D eigenvalue weighted by atomic mass is 19.1. The van der Waals surface area contributed by atoms with Crippen LogP contribution >= 0.6 is 0 Å². The van der Waals surface area contributed by atoms with Crippen LogP contribution in [-0.4, -0.2) is 39.8 Å². The molecule has 3 aromatic heterocycles. The Labute approximate surface area is 167 Å². The molecular weight excluding hydrogens is 355 g/mol. The van der Waals surface area contributed by atoms with Crippen LogP contribution in [0, 0.1) is 17.2 Å². The lowest BCUT2D eigenvalue weighted by Crippen LogP contribution is -2.48. The van der Waals surface area contributed by atoms with E-state index in [1.54, 1.807) is 12.3 Å². The van der Waals surface area contributed by atoms with E-state index in [0.29, 0.717) is 23.8 Å². The summed E-state index contributed by atoms with van der Waals surface area (Å²) in [4.78, 5) is 11.1. The number of H-pyrrole nitrogens is 1. The first-order chi connectivity index (χ1) is 13.5. The first-order valence-electron chi connectivity index (χ1n) is 9.92. The quantitative estimate of drug-likeness (QED) is 0.685. The van der Waals surface area contributed by atoms with E-state index < -0.39 is 0 Å². The van der Waals surface area contributed by atoms with Gasteiger partial charge < -0.3 is 10.6 Å². The molecule has 4 heterocycles. The molecule has 0 bridgehead atoms. The summed E-state index contributed by atoms with van der Waals surface area (Å²) in [6, 6.07) is 6.94. The standard InChI is InChI=1S/C21H27FN6.2H2/c1-14(2)11-21(12-23)8-4-10-28(13-21)17-7-6-16(22)19(25-17)18-15-5-3-9-24-20(15)27-26-18;;/h3,5-7,9,14H,4,8,10-13,23H2,1-2H3,(H,24,26,27);2*1H. The average molecular weight is 387 g/mol. The number of fused-ring (bicyclic) bond motifs is 1. The van der Waals surface area contributed by atoms with Gasteiger partial charge in [-0.3, -0.25) is 5.10 Å². The number of nitrogens with one attached hydrogen (secondary N) is 1. The van der Waals surface area contributed by atoms with Gasteiger partial charge in [-0.1, -0.05) is 13.8 Å². The highest BCUT2D eigenvalue weighted by Crippen LogP contribution is 2.37. The molecule has 3 aromatic rings. The minimum atomic E-state index is -0.373. The maximum Gasteiger partial charge on any atom is 0.181 e. The minimum absolute atomic E-state index is 0. The highest BCUT2D eigenvalue weighted by Gasteiger charge is 2.35. The zero-order valence-corrected chi connectivity index (χ0v) is 16.5. The second-order valence-corrected chi connectivity index (χ2v) is 8.30. The van der Waals surface area contributed by atoms with E-state index in [4.69, 9.17) is 5.73 Å². The fourth-order valence-electron chi connectivity index (χ4n) is 4.50. The molecule has 28 heavy (non-hydrogen) atoms. The molecule has 1 atom stereocenters. The zero-order chi connectivity index (χ0) is 19.7. The predicted molar refractivity (Wildman–Crippen MR) is 114 cm³/mol. The van der Waals surface area contributed by atoms with E-state index in [-0.39, 0.29) is 19.8 Å². The molecule has 7 heteroatoms. The molecule has 1 saturated heterocycles. The fourth-order valence-corrected chi connectivity index (χ4v) is 4.50. The maximum atomic E-state index is 14.6. The molecule has 1 unspecified atom stereocenters. The van der Waals surface area contributed by atoms with E-state index in [9.17, 15) is 4.39 Å². The van der Waals surface area contributed by atoms with Gasteiger partial charge >= 0.3 is 0 Å². The molecule has 0 saturated carbocycles. The van der Waals surface area contributed by atoms with Crippen molar-refractivity contribution < 1.29 is 7.24 Å². The maximum absolute atomic E-state index is 14.6. The Morgan fingerprint density at radius 2 is 2.21 bits per heavy atom. The molecule has 0 spiro atoms. The first kappa shape index (κ1) is 18.8. The van der Waals surface area contributed by atoms with Crippen molar-refractivity contribution in [2.45, 2.75) is 33.1 Å². The van der Waals surface area contributed by atoms with Crippen molar-refractivity contribution in [3.8, 4) is 11.4 Å². The van der Waals surface area contributed by atoms with Gasteiger partial charge in [0.25, 0.3) is 0 Å². The van der Waals surface area contributed by atoms with Crippen LogP contribution in [0.15, 0.2) is 30.5 Å². The van der Waals surface area contributed by atoms with Gasteiger partial charge in [0, 0.05) is 32.9 Å². The van der Waals surface area contributed by atoms with Crippen LogP contribution in [-0.2, 0) is 0 Å². The van der Waals surface area contributed by atoms with Crippen LogP contribution in [0.1, 0.15) is 36.0 Å². The van der Waals surface area contributed by atoms with Gasteiger partial charge in [0.15, 0.2) is 11.5 Å². The number of halogens is 1. The van der Waals surface area contributed by atoms with Gasteiger partial charge in [0.1, 0.15) is 11.5 Å². The van der Waals surface area contributed by atoms with E-state index in [0.717, 1.165) is 43.6 Å². The number of hydrogen-bond donors (Lipinski definition) is 2. The largest absolute Gasteiger partial charge is 0.356 e. The number of nitrogens with zero attached hydrogens (tertiary/aromatic N) is 4. The zero-order valence-electron chi connectivity index (χ0n) is 16.5. The van der Waals surface area contributed by atoms with E-state index in [1.807, 2.05) is 12.1 Å². The lowest BCUT2D eigenvalue weighted by molar-refractivity contribution is 0.194. The van der Waals surface area contributed by atoms with Crippen molar-refractivity contribution in [2.24, 2.45) is 17.1 Å². The normalized spacial score (nSPS) is 20.2. The van der Waals surface area contributed by atoms with Crippen molar-refractivity contribution >= 4 is 16.9 Å². The summed E-state index contributed by atoms with van der Waals surface area (Å²) in [6.07, 6.45) is 4.95. The third kappa shape index (κ3) is 3.46. The molecule has 152 valence electrons. The van der Waals surface area contributed by atoms with Crippen molar-refractivity contribution in [1.29, 1.82) is 0 Å². The Kier molecular flexibility index (Phi) is 5.02. The summed E-state index contributed by atoms with van der Waals surface area (Å²) in [5.74, 6) is 0.996. The third-order valence-corrected chi connectivity index (χ3v) is 5.66. The summed E-state index contributed by atoms with van der Waals surface area (Å²) in [5, 5.41) is 7.84. The number of aromatic amines is 1. The Morgan fingerprint density at radius 1 is 1.36 bits per heavy atom. The Hall–Kier alpha value is -2.54. The SMILES string of the molecule is CC(C)CC1(CN)CCCN(c2ccc(F)c(-c3[nH]nc4ncccc34)n2)C1.[HH].[HH]. The number of nitrogens with two attached hydrogens (primary N) is 1.